The lowest BCUT2D eigenvalue weighted by Gasteiger charge is -2.35. The molecule has 1 amide bonds. The molecule has 2 atom stereocenters. The first-order valence-corrected chi connectivity index (χ1v) is 7.50. The lowest BCUT2D eigenvalue weighted by molar-refractivity contribution is -0.210. The largest absolute Gasteiger partial charge is 0.435 e. The summed E-state index contributed by atoms with van der Waals surface area (Å²) in [5.41, 5.74) is 3.98. The molecule has 1 fully saturated rings. The predicted octanol–water partition coefficient (Wildman–Crippen LogP) is 3.10. The fraction of sp³-hybridized carbons (Fsp3) is 0.533. The molecule has 1 saturated heterocycles. The summed E-state index contributed by atoms with van der Waals surface area (Å²) in [6.45, 7) is -0.659. The van der Waals surface area contributed by atoms with Crippen molar-refractivity contribution >= 4 is 6.09 Å². The third kappa shape index (κ3) is 5.49. The molecule has 0 spiro atoms. The zero-order valence-electron chi connectivity index (χ0n) is 13.3. The second kappa shape index (κ2) is 7.70. The molecule has 1 aromatic carbocycles. The van der Waals surface area contributed by atoms with Crippen LogP contribution in [0, 0.1) is 0 Å². The van der Waals surface area contributed by atoms with Crippen LogP contribution in [0.1, 0.15) is 17.2 Å². The third-order valence-electron chi connectivity index (χ3n) is 3.78. The van der Waals surface area contributed by atoms with Crippen molar-refractivity contribution in [2.45, 2.75) is 24.6 Å². The highest BCUT2D eigenvalue weighted by Crippen LogP contribution is 2.32. The van der Waals surface area contributed by atoms with Crippen LogP contribution in [0.2, 0.25) is 0 Å². The standard InChI is InChI=1S/C15H16F6N2O3/c16-14(17,18)10-3-1-2-9(6-10)11-7-23(4-5-25-11)8-12(15(19,20)21)26-13(22)24/h1-3,6,11-12H,4-5,7-8H2,(H2,22,24)/t11-,12-/m0/s1. The summed E-state index contributed by atoms with van der Waals surface area (Å²) in [5, 5.41) is 0. The molecule has 0 radical (unpaired) electrons. The normalized spacial score (nSPS) is 20.6. The zero-order chi connectivity index (χ0) is 19.5. The molecule has 26 heavy (non-hydrogen) atoms. The van der Waals surface area contributed by atoms with Crippen molar-refractivity contribution in [3.63, 3.8) is 0 Å². The van der Waals surface area contributed by atoms with E-state index in [4.69, 9.17) is 4.74 Å². The van der Waals surface area contributed by atoms with E-state index in [1.165, 1.54) is 17.0 Å². The van der Waals surface area contributed by atoms with E-state index in [1.54, 1.807) is 0 Å². The van der Waals surface area contributed by atoms with Gasteiger partial charge in [-0.15, -0.1) is 0 Å². The van der Waals surface area contributed by atoms with Crippen LogP contribution >= 0.6 is 0 Å². The second-order valence-electron chi connectivity index (χ2n) is 5.71. The molecule has 146 valence electrons. The van der Waals surface area contributed by atoms with Gasteiger partial charge in [0.25, 0.3) is 0 Å². The highest BCUT2D eigenvalue weighted by atomic mass is 19.4. The van der Waals surface area contributed by atoms with E-state index in [2.05, 4.69) is 10.5 Å². The van der Waals surface area contributed by atoms with Crippen molar-refractivity contribution in [1.82, 2.24) is 4.90 Å². The molecule has 0 bridgehead atoms. The van der Waals surface area contributed by atoms with Crippen molar-refractivity contribution in [1.29, 1.82) is 0 Å². The number of amides is 1. The van der Waals surface area contributed by atoms with Crippen LogP contribution in [0.25, 0.3) is 0 Å². The van der Waals surface area contributed by atoms with E-state index < -0.39 is 42.8 Å². The van der Waals surface area contributed by atoms with Gasteiger partial charge in [0.05, 0.1) is 18.3 Å². The summed E-state index contributed by atoms with van der Waals surface area (Å²) in [6, 6.07) is 4.40. The van der Waals surface area contributed by atoms with Gasteiger partial charge >= 0.3 is 18.4 Å². The van der Waals surface area contributed by atoms with Gasteiger partial charge in [0.2, 0.25) is 6.10 Å². The van der Waals surface area contributed by atoms with E-state index in [9.17, 15) is 31.1 Å². The average molecular weight is 386 g/mol. The minimum Gasteiger partial charge on any atom is -0.435 e. The smallest absolute Gasteiger partial charge is 0.426 e. The monoisotopic (exact) mass is 386 g/mol. The van der Waals surface area contributed by atoms with Crippen LogP contribution in [0.3, 0.4) is 0 Å². The van der Waals surface area contributed by atoms with Crippen LogP contribution in [0.4, 0.5) is 31.1 Å². The Morgan fingerprint density at radius 2 is 2.00 bits per heavy atom. The average Bonchev–Trinajstić information content (AvgIpc) is 2.53. The SMILES string of the molecule is NC(=O)O[C@@H](CN1CCO[C@H](c2cccc(C(F)(F)F)c2)C1)C(F)(F)F. The molecule has 2 rings (SSSR count). The zero-order valence-corrected chi connectivity index (χ0v) is 13.3. The minimum absolute atomic E-state index is 0.0159. The van der Waals surface area contributed by atoms with Crippen LogP contribution in [-0.4, -0.2) is 49.5 Å². The number of hydrogen-bond donors (Lipinski definition) is 1. The number of rotatable bonds is 4. The van der Waals surface area contributed by atoms with E-state index in [0.29, 0.717) is 0 Å². The number of halogens is 6. The Hall–Kier alpha value is -2.01. The van der Waals surface area contributed by atoms with Crippen molar-refractivity contribution in [2.24, 2.45) is 5.73 Å². The highest BCUT2D eigenvalue weighted by molar-refractivity contribution is 5.64. The first kappa shape index (κ1) is 20.3. The van der Waals surface area contributed by atoms with Crippen molar-refractivity contribution in [3.05, 3.63) is 35.4 Å². The molecule has 0 aromatic heterocycles. The number of morpholine rings is 1. The Morgan fingerprint density at radius 1 is 1.31 bits per heavy atom. The maximum Gasteiger partial charge on any atom is 0.426 e. The number of ether oxygens (including phenoxy) is 2. The molecule has 5 nitrogen and oxygen atoms in total. The van der Waals surface area contributed by atoms with Crippen LogP contribution in [0.15, 0.2) is 24.3 Å². The lowest BCUT2D eigenvalue weighted by Crippen LogP contribution is -2.48. The van der Waals surface area contributed by atoms with Gasteiger partial charge in [0, 0.05) is 19.6 Å². The topological polar surface area (TPSA) is 64.8 Å². The molecule has 0 saturated carbocycles. The number of carbonyl (C=O) groups is 1. The van der Waals surface area contributed by atoms with Gasteiger partial charge in [-0.1, -0.05) is 12.1 Å². The van der Waals surface area contributed by atoms with Gasteiger partial charge in [0.15, 0.2) is 0 Å². The van der Waals surface area contributed by atoms with Gasteiger partial charge in [-0.05, 0) is 17.7 Å². The summed E-state index contributed by atoms with van der Waals surface area (Å²) < 4.78 is 86.7. The van der Waals surface area contributed by atoms with Gasteiger partial charge in [-0.25, -0.2) is 4.79 Å². The van der Waals surface area contributed by atoms with Gasteiger partial charge in [0.1, 0.15) is 0 Å². The first-order valence-electron chi connectivity index (χ1n) is 7.50. The molecule has 1 aliphatic heterocycles. The number of nitrogens with zero attached hydrogens (tertiary/aromatic N) is 1. The van der Waals surface area contributed by atoms with Gasteiger partial charge in [-0.2, -0.15) is 26.3 Å². The highest BCUT2D eigenvalue weighted by Gasteiger charge is 2.44. The first-order chi connectivity index (χ1) is 12.0. The molecular weight excluding hydrogens is 370 g/mol. The second-order valence-corrected chi connectivity index (χ2v) is 5.71. The Bertz CT molecular complexity index is 635. The Morgan fingerprint density at radius 3 is 2.58 bits per heavy atom. The van der Waals surface area contributed by atoms with Crippen molar-refractivity contribution < 1.29 is 40.6 Å². The van der Waals surface area contributed by atoms with Crippen LogP contribution in [-0.2, 0) is 15.7 Å². The summed E-state index contributed by atoms with van der Waals surface area (Å²) in [6.07, 6.45) is -14.2. The van der Waals surface area contributed by atoms with E-state index in [-0.39, 0.29) is 25.3 Å². The molecule has 1 aliphatic rings. The maximum absolute atomic E-state index is 12.9. The molecule has 0 aliphatic carbocycles. The Labute approximate surface area is 144 Å². The molecular formula is C15H16F6N2O3. The fourth-order valence-corrected chi connectivity index (χ4v) is 2.57. The minimum atomic E-state index is -4.82. The summed E-state index contributed by atoms with van der Waals surface area (Å²) in [4.78, 5) is 12.0. The number of nitrogens with two attached hydrogens (primary N) is 1. The van der Waals surface area contributed by atoms with E-state index in [1.807, 2.05) is 0 Å². The fourth-order valence-electron chi connectivity index (χ4n) is 2.57. The molecule has 2 N–H and O–H groups in total. The van der Waals surface area contributed by atoms with Crippen LogP contribution in [0.5, 0.6) is 0 Å². The molecule has 0 unspecified atom stereocenters. The van der Waals surface area contributed by atoms with Crippen molar-refractivity contribution in [2.75, 3.05) is 26.2 Å². The molecule has 11 heteroatoms. The maximum atomic E-state index is 12.9. The van der Waals surface area contributed by atoms with E-state index >= 15 is 0 Å². The molecule has 1 aromatic rings. The Kier molecular flexibility index (Phi) is 6.02. The van der Waals surface area contributed by atoms with Crippen molar-refractivity contribution in [3.8, 4) is 0 Å². The van der Waals surface area contributed by atoms with E-state index in [0.717, 1.165) is 12.1 Å². The van der Waals surface area contributed by atoms with Gasteiger partial charge in [-0.3, -0.25) is 4.90 Å². The summed E-state index contributed by atoms with van der Waals surface area (Å²) in [7, 11) is 0. The van der Waals surface area contributed by atoms with Gasteiger partial charge < -0.3 is 15.2 Å². The quantitative estimate of drug-likeness (QED) is 0.808. The third-order valence-corrected chi connectivity index (χ3v) is 3.78. The van der Waals surface area contributed by atoms with Crippen LogP contribution < -0.4 is 5.73 Å². The molecule has 1 heterocycles. The number of alkyl halides is 6. The number of hydrogen-bond acceptors (Lipinski definition) is 4. The lowest BCUT2D eigenvalue weighted by atomic mass is 10.0. The number of benzene rings is 1. The predicted molar refractivity (Wildman–Crippen MR) is 77.1 cm³/mol. The summed E-state index contributed by atoms with van der Waals surface area (Å²) in [5.74, 6) is 0. The Balaban J connectivity index is 2.10. The number of primary amides is 1. The summed E-state index contributed by atoms with van der Waals surface area (Å²) >= 11 is 0. The number of carbonyl (C=O) groups excluding carboxylic acids is 1.